The number of aliphatic imine (C=N–C) groups is 2. The van der Waals surface area contributed by atoms with E-state index in [1.165, 1.54) is 11.3 Å². The summed E-state index contributed by atoms with van der Waals surface area (Å²) in [4.78, 5) is 55.4. The minimum atomic E-state index is -0.170. The van der Waals surface area contributed by atoms with E-state index in [1.54, 1.807) is 6.92 Å². The maximum absolute atomic E-state index is 13.2. The van der Waals surface area contributed by atoms with E-state index in [9.17, 15) is 14.4 Å². The number of thiophene rings is 1. The van der Waals surface area contributed by atoms with Crippen molar-refractivity contribution in [1.29, 1.82) is 0 Å². The third-order valence-electron chi connectivity index (χ3n) is 9.75. The molecule has 4 heterocycles. The molecule has 6 rings (SSSR count). The first-order valence-electron chi connectivity index (χ1n) is 16.4. The Labute approximate surface area is 274 Å². The van der Waals surface area contributed by atoms with Gasteiger partial charge in [0.1, 0.15) is 11.5 Å². The average molecular weight is 645 g/mol. The van der Waals surface area contributed by atoms with Gasteiger partial charge in [-0.2, -0.15) is 5.10 Å². The molecule has 11 nitrogen and oxygen atoms in total. The highest BCUT2D eigenvalue weighted by atomic mass is 32.1. The van der Waals surface area contributed by atoms with Crippen molar-refractivity contribution >= 4 is 57.6 Å². The quantitative estimate of drug-likeness (QED) is 0.210. The van der Waals surface area contributed by atoms with Gasteiger partial charge in [-0.15, -0.1) is 11.3 Å². The Morgan fingerprint density at radius 1 is 1.02 bits per heavy atom. The molecule has 3 aliphatic rings. The summed E-state index contributed by atoms with van der Waals surface area (Å²) in [5.41, 5.74) is 2.33. The van der Waals surface area contributed by atoms with E-state index < -0.39 is 0 Å². The second kappa shape index (κ2) is 14.4. The van der Waals surface area contributed by atoms with Crippen molar-refractivity contribution in [2.24, 2.45) is 21.8 Å². The van der Waals surface area contributed by atoms with Crippen LogP contribution in [0.1, 0.15) is 55.6 Å². The maximum atomic E-state index is 13.2. The molecule has 1 atom stereocenters. The highest BCUT2D eigenvalue weighted by molar-refractivity contribution is 7.17. The molecule has 2 amide bonds. The molecule has 3 aromatic rings. The van der Waals surface area contributed by atoms with Crippen LogP contribution >= 0.6 is 11.3 Å². The lowest BCUT2D eigenvalue weighted by atomic mass is 9.84. The number of hydrogen-bond acceptors (Lipinski definition) is 8. The number of hydrogen-bond donors (Lipinski definition) is 2. The van der Waals surface area contributed by atoms with E-state index in [4.69, 9.17) is 0 Å². The Kier molecular flexibility index (Phi) is 10.1. The zero-order chi connectivity index (χ0) is 32.2. The number of benzene rings is 1. The molecule has 1 aliphatic carbocycles. The molecule has 2 N–H and O–H groups in total. The fraction of sp³-hybridized carbons (Fsp3) is 0.529. The Bertz CT molecular complexity index is 1630. The molecule has 0 bridgehead atoms. The van der Waals surface area contributed by atoms with Gasteiger partial charge >= 0.3 is 0 Å². The van der Waals surface area contributed by atoms with Crippen LogP contribution in [0.5, 0.6) is 0 Å². The molecule has 244 valence electrons. The van der Waals surface area contributed by atoms with E-state index in [0.29, 0.717) is 35.6 Å². The van der Waals surface area contributed by atoms with Crippen molar-refractivity contribution in [2.75, 3.05) is 58.2 Å². The number of piperazine rings is 1. The summed E-state index contributed by atoms with van der Waals surface area (Å²) in [5.74, 6) is 1.42. The normalized spacial score (nSPS) is 23.4. The standard InChI is InChI=1S/C34H44N8O3S/c1-4-36-33(35-3)23-5-8-26(9-6-23)41-15-17-42(18-16-41)31(44)21-40-14-13-24(20-40)34(45)37-25-7-10-28-27(19-25)32(39-38-28)30-12-11-29(46-30)22(2)43/h4,7,10-12,19,23-24,26H,5-6,8-9,13-18,20-21H2,1-3H3,(H,37,45)(H,38,39)/t23?,24-,26?/m1/s1. The molecular formula is C34H44N8O3S. The first kappa shape index (κ1) is 32.2. The van der Waals surface area contributed by atoms with Crippen LogP contribution in [0.25, 0.3) is 21.5 Å². The van der Waals surface area contributed by atoms with Crippen LogP contribution in [0, 0.1) is 11.8 Å². The summed E-state index contributed by atoms with van der Waals surface area (Å²) in [6, 6.07) is 10.0. The topological polar surface area (TPSA) is 126 Å². The van der Waals surface area contributed by atoms with Crippen molar-refractivity contribution in [3.8, 4) is 10.6 Å². The predicted octanol–water partition coefficient (Wildman–Crippen LogP) is 4.58. The summed E-state index contributed by atoms with van der Waals surface area (Å²) in [6.07, 6.45) is 7.11. The second-order valence-corrected chi connectivity index (χ2v) is 13.7. The van der Waals surface area contributed by atoms with Crippen LogP contribution in [0.3, 0.4) is 0 Å². The molecule has 0 radical (unpaired) electrons. The zero-order valence-corrected chi connectivity index (χ0v) is 27.8. The number of ketones is 1. The van der Waals surface area contributed by atoms with Crippen LogP contribution in [0.2, 0.25) is 0 Å². The number of aromatic amines is 1. The summed E-state index contributed by atoms with van der Waals surface area (Å²) in [5, 5.41) is 11.5. The SMILES string of the molecule is CC=NC(=NC)C1CCC(N2CCN(C(=O)CN3CC[C@@H](C(=O)Nc4ccc5[nH]nc(-c6ccc(C(C)=O)s6)c5c4)C3)CC2)CC1. The van der Waals surface area contributed by atoms with Crippen LogP contribution in [-0.4, -0.2) is 113 Å². The molecule has 12 heteroatoms. The van der Waals surface area contributed by atoms with E-state index in [0.717, 1.165) is 92.1 Å². The van der Waals surface area contributed by atoms with Crippen LogP contribution in [-0.2, 0) is 9.59 Å². The number of fused-ring (bicyclic) bond motifs is 1. The third-order valence-corrected chi connectivity index (χ3v) is 10.9. The smallest absolute Gasteiger partial charge is 0.236 e. The Morgan fingerprint density at radius 3 is 2.50 bits per heavy atom. The Morgan fingerprint density at radius 2 is 1.80 bits per heavy atom. The van der Waals surface area contributed by atoms with Crippen molar-refractivity contribution in [3.05, 3.63) is 35.2 Å². The number of anilines is 1. The van der Waals surface area contributed by atoms with Crippen molar-refractivity contribution in [3.63, 3.8) is 0 Å². The van der Waals surface area contributed by atoms with E-state index in [2.05, 4.69) is 35.3 Å². The van der Waals surface area contributed by atoms with Gasteiger partial charge < -0.3 is 10.2 Å². The van der Waals surface area contributed by atoms with Crippen LogP contribution in [0.15, 0.2) is 40.3 Å². The van der Waals surface area contributed by atoms with Crippen molar-refractivity contribution in [2.45, 2.75) is 52.0 Å². The molecule has 2 aromatic heterocycles. The first-order chi connectivity index (χ1) is 22.3. The minimum Gasteiger partial charge on any atom is -0.339 e. The number of nitrogens with one attached hydrogen (secondary N) is 2. The lowest BCUT2D eigenvalue weighted by molar-refractivity contribution is -0.134. The maximum Gasteiger partial charge on any atom is 0.236 e. The number of carbonyl (C=O) groups is 3. The number of amidine groups is 1. The summed E-state index contributed by atoms with van der Waals surface area (Å²) in [7, 11) is 1.83. The number of aromatic nitrogens is 2. The number of nitrogens with zero attached hydrogens (tertiary/aromatic N) is 6. The molecule has 2 saturated heterocycles. The molecule has 1 aromatic carbocycles. The van der Waals surface area contributed by atoms with Gasteiger partial charge in [-0.25, -0.2) is 4.99 Å². The molecule has 1 saturated carbocycles. The molecule has 0 unspecified atom stereocenters. The summed E-state index contributed by atoms with van der Waals surface area (Å²) < 4.78 is 0. The molecule has 2 aliphatic heterocycles. The van der Waals surface area contributed by atoms with Gasteiger partial charge in [0.2, 0.25) is 11.8 Å². The van der Waals surface area contributed by atoms with Gasteiger partial charge in [0, 0.05) is 69.0 Å². The molecule has 3 fully saturated rings. The van der Waals surface area contributed by atoms with E-state index >= 15 is 0 Å². The highest BCUT2D eigenvalue weighted by Crippen LogP contribution is 2.34. The minimum absolute atomic E-state index is 0.0303. The number of amides is 2. The van der Waals surface area contributed by atoms with E-state index in [1.807, 2.05) is 55.4 Å². The Hall–Kier alpha value is -3.74. The number of carbonyl (C=O) groups excluding carboxylic acids is 3. The fourth-order valence-corrected chi connectivity index (χ4v) is 8.08. The van der Waals surface area contributed by atoms with E-state index in [-0.39, 0.29) is 23.5 Å². The predicted molar refractivity (Wildman–Crippen MR) is 184 cm³/mol. The van der Waals surface area contributed by atoms with Crippen LogP contribution in [0.4, 0.5) is 5.69 Å². The first-order valence-corrected chi connectivity index (χ1v) is 17.2. The fourth-order valence-electron chi connectivity index (χ4n) is 7.17. The average Bonchev–Trinajstić information content (AvgIpc) is 3.84. The third kappa shape index (κ3) is 7.13. The summed E-state index contributed by atoms with van der Waals surface area (Å²) in [6.45, 7) is 8.53. The lowest BCUT2D eigenvalue weighted by Gasteiger charge is -2.42. The number of Topliss-reactive ketones (excluding diaryl/α,β-unsaturated/α-hetero) is 1. The van der Waals surface area contributed by atoms with Gasteiger partial charge in [0.05, 0.1) is 27.7 Å². The van der Waals surface area contributed by atoms with Gasteiger partial charge in [0.25, 0.3) is 0 Å². The van der Waals surface area contributed by atoms with Crippen molar-refractivity contribution < 1.29 is 14.4 Å². The monoisotopic (exact) mass is 644 g/mol. The lowest BCUT2D eigenvalue weighted by Crippen LogP contribution is -2.54. The van der Waals surface area contributed by atoms with Gasteiger partial charge in [0.15, 0.2) is 5.78 Å². The largest absolute Gasteiger partial charge is 0.339 e. The number of likely N-dealkylation sites (tertiary alicyclic amines) is 1. The molecule has 46 heavy (non-hydrogen) atoms. The Balaban J connectivity index is 0.961. The molecule has 0 spiro atoms. The molecular weight excluding hydrogens is 600 g/mol. The van der Waals surface area contributed by atoms with Crippen molar-refractivity contribution in [1.82, 2.24) is 24.9 Å². The van der Waals surface area contributed by atoms with Crippen LogP contribution < -0.4 is 5.32 Å². The highest BCUT2D eigenvalue weighted by Gasteiger charge is 2.33. The summed E-state index contributed by atoms with van der Waals surface area (Å²) >= 11 is 1.41. The second-order valence-electron chi connectivity index (χ2n) is 12.7. The van der Waals surface area contributed by atoms with Gasteiger partial charge in [-0.1, -0.05) is 0 Å². The number of rotatable bonds is 8. The zero-order valence-electron chi connectivity index (χ0n) is 27.0. The number of H-pyrrole nitrogens is 1. The van der Waals surface area contributed by atoms with Gasteiger partial charge in [-0.05, 0) is 82.8 Å². The van der Waals surface area contributed by atoms with Gasteiger partial charge in [-0.3, -0.25) is 34.3 Å².